The Hall–Kier alpha value is -2.08. The fraction of sp³-hybridized carbons (Fsp3) is 0.308. The number of carbonyl (C=O) groups is 1. The highest BCUT2D eigenvalue weighted by molar-refractivity contribution is 6.33. The quantitative estimate of drug-likeness (QED) is 0.790. The van der Waals surface area contributed by atoms with Gasteiger partial charge in [-0.2, -0.15) is 4.98 Å². The number of hydrogen-bond acceptors (Lipinski definition) is 5. The van der Waals surface area contributed by atoms with Crippen LogP contribution < -0.4 is 4.74 Å². The molecule has 0 aliphatic rings. The maximum atomic E-state index is 11.2. The van der Waals surface area contributed by atoms with E-state index in [0.717, 1.165) is 5.56 Å². The van der Waals surface area contributed by atoms with Crippen molar-refractivity contribution in [3.63, 3.8) is 0 Å². The summed E-state index contributed by atoms with van der Waals surface area (Å²) in [5, 5.41) is 4.65. The molecule has 0 N–H and O–H groups in total. The maximum absolute atomic E-state index is 11.2. The number of esters is 1. The van der Waals surface area contributed by atoms with Crippen molar-refractivity contribution < 1.29 is 14.3 Å². The van der Waals surface area contributed by atoms with Gasteiger partial charge in [0.15, 0.2) is 12.4 Å². The molecule has 0 aliphatic carbocycles. The Balaban J connectivity index is 2.14. The Kier molecular flexibility index (Phi) is 4.57. The second-order valence-electron chi connectivity index (χ2n) is 3.92. The van der Waals surface area contributed by atoms with Crippen LogP contribution in [0.25, 0.3) is 11.4 Å². The van der Waals surface area contributed by atoms with Gasteiger partial charge in [0, 0.05) is 12.6 Å². The number of carbonyl (C=O) groups excluding carboxylic acids is 1. The molecule has 20 heavy (non-hydrogen) atoms. The van der Waals surface area contributed by atoms with Crippen molar-refractivity contribution >= 4 is 17.6 Å². The number of aryl methyl sites for hydroxylation is 1. The third-order valence-electron chi connectivity index (χ3n) is 2.48. The predicted molar refractivity (Wildman–Crippen MR) is 73.6 cm³/mol. The first-order chi connectivity index (χ1) is 9.61. The van der Waals surface area contributed by atoms with E-state index in [1.165, 1.54) is 0 Å². The zero-order valence-electron chi connectivity index (χ0n) is 11.2. The second-order valence-corrected chi connectivity index (χ2v) is 4.32. The molecule has 0 radical (unpaired) electrons. The van der Waals surface area contributed by atoms with E-state index < -0.39 is 5.97 Å². The molecule has 2 rings (SSSR count). The Morgan fingerprint density at radius 2 is 2.15 bits per heavy atom. The van der Waals surface area contributed by atoms with Gasteiger partial charge in [0.05, 0.1) is 11.6 Å². The van der Waals surface area contributed by atoms with Crippen LogP contribution in [0, 0.1) is 0 Å². The topological polar surface area (TPSA) is 66.2 Å². The molecule has 7 heteroatoms. The number of ether oxygens (including phenoxy) is 2. The van der Waals surface area contributed by atoms with Gasteiger partial charge in [-0.1, -0.05) is 23.7 Å². The lowest BCUT2D eigenvalue weighted by Crippen LogP contribution is -2.15. The van der Waals surface area contributed by atoms with Crippen LogP contribution in [0.4, 0.5) is 0 Å². The molecule has 0 spiro atoms. The summed E-state index contributed by atoms with van der Waals surface area (Å²) in [7, 11) is 1.73. The van der Waals surface area contributed by atoms with Crippen LogP contribution in [0.2, 0.25) is 5.02 Å². The molecule has 0 fully saturated rings. The fourth-order valence-corrected chi connectivity index (χ4v) is 1.85. The zero-order chi connectivity index (χ0) is 14.5. The van der Waals surface area contributed by atoms with Crippen LogP contribution in [0.5, 0.6) is 6.01 Å². The summed E-state index contributed by atoms with van der Waals surface area (Å²) in [6.45, 7) is 1.81. The van der Waals surface area contributed by atoms with Crippen molar-refractivity contribution in [1.29, 1.82) is 0 Å². The van der Waals surface area contributed by atoms with Crippen LogP contribution in [-0.2, 0) is 16.6 Å². The van der Waals surface area contributed by atoms with Crippen LogP contribution in [0.1, 0.15) is 6.92 Å². The molecule has 0 saturated heterocycles. The molecule has 0 bridgehead atoms. The molecule has 1 heterocycles. The largest absolute Gasteiger partial charge is 0.463 e. The van der Waals surface area contributed by atoms with Gasteiger partial charge in [-0.25, -0.2) is 9.48 Å². The summed E-state index contributed by atoms with van der Waals surface area (Å²) >= 11 is 6.11. The van der Waals surface area contributed by atoms with Crippen molar-refractivity contribution in [3.05, 3.63) is 29.3 Å². The maximum Gasteiger partial charge on any atom is 0.344 e. The van der Waals surface area contributed by atoms with Gasteiger partial charge in [0.25, 0.3) is 0 Å². The van der Waals surface area contributed by atoms with E-state index in [2.05, 4.69) is 10.1 Å². The van der Waals surface area contributed by atoms with Gasteiger partial charge >= 0.3 is 12.0 Å². The molecule has 0 amide bonds. The second kappa shape index (κ2) is 6.38. The lowest BCUT2D eigenvalue weighted by Gasteiger charge is -2.01. The minimum atomic E-state index is -0.459. The van der Waals surface area contributed by atoms with Crippen LogP contribution in [0.3, 0.4) is 0 Å². The summed E-state index contributed by atoms with van der Waals surface area (Å²) in [5.41, 5.74) is 0.746. The lowest BCUT2D eigenvalue weighted by atomic mass is 10.2. The molecule has 0 aliphatic heterocycles. The average Bonchev–Trinajstić information content (AvgIpc) is 2.79. The molecule has 2 aromatic rings. The number of rotatable bonds is 5. The molecule has 0 saturated carbocycles. The van der Waals surface area contributed by atoms with Crippen molar-refractivity contribution in [2.24, 2.45) is 7.05 Å². The first-order valence-corrected chi connectivity index (χ1v) is 6.44. The third-order valence-corrected chi connectivity index (χ3v) is 2.81. The molecular formula is C13H14ClN3O3. The highest BCUT2D eigenvalue weighted by atomic mass is 35.5. The summed E-state index contributed by atoms with van der Waals surface area (Å²) < 4.78 is 11.5. The third kappa shape index (κ3) is 3.27. The number of nitrogens with zero attached hydrogens (tertiary/aromatic N) is 3. The highest BCUT2D eigenvalue weighted by Gasteiger charge is 2.14. The molecule has 106 valence electrons. The number of halogens is 1. The first-order valence-electron chi connectivity index (χ1n) is 6.06. The average molecular weight is 296 g/mol. The van der Waals surface area contributed by atoms with E-state index in [-0.39, 0.29) is 12.6 Å². The first kappa shape index (κ1) is 14.3. The Bertz CT molecular complexity index is 613. The zero-order valence-corrected chi connectivity index (χ0v) is 11.9. The smallest absolute Gasteiger partial charge is 0.344 e. The molecule has 1 aromatic heterocycles. The number of hydrogen-bond donors (Lipinski definition) is 0. The fourth-order valence-electron chi connectivity index (χ4n) is 1.63. The minimum Gasteiger partial charge on any atom is -0.463 e. The summed E-state index contributed by atoms with van der Waals surface area (Å²) in [6, 6.07) is 7.40. The minimum absolute atomic E-state index is 0.107. The Labute approximate surface area is 121 Å². The van der Waals surface area contributed by atoms with Crippen molar-refractivity contribution in [3.8, 4) is 17.4 Å². The number of benzene rings is 1. The van der Waals surface area contributed by atoms with E-state index >= 15 is 0 Å². The van der Waals surface area contributed by atoms with E-state index in [9.17, 15) is 4.79 Å². The summed E-state index contributed by atoms with van der Waals surface area (Å²) in [6.07, 6.45) is 0. The highest BCUT2D eigenvalue weighted by Crippen LogP contribution is 2.26. The summed E-state index contributed by atoms with van der Waals surface area (Å²) in [5.74, 6) is 0.105. The SMILES string of the molecule is CCOC(=O)COc1nc(-c2ccccc2Cl)n(C)n1. The van der Waals surface area contributed by atoms with Gasteiger partial charge < -0.3 is 9.47 Å². The van der Waals surface area contributed by atoms with E-state index in [0.29, 0.717) is 17.5 Å². The van der Waals surface area contributed by atoms with E-state index in [1.54, 1.807) is 24.7 Å². The lowest BCUT2D eigenvalue weighted by molar-refractivity contribution is -0.145. The van der Waals surface area contributed by atoms with Gasteiger partial charge in [-0.05, 0) is 19.1 Å². The molecular weight excluding hydrogens is 282 g/mol. The molecule has 1 aromatic carbocycles. The van der Waals surface area contributed by atoms with Gasteiger partial charge in [0.2, 0.25) is 0 Å². The van der Waals surface area contributed by atoms with Crippen LogP contribution >= 0.6 is 11.6 Å². The summed E-state index contributed by atoms with van der Waals surface area (Å²) in [4.78, 5) is 15.4. The van der Waals surface area contributed by atoms with E-state index in [1.807, 2.05) is 18.2 Å². The van der Waals surface area contributed by atoms with Gasteiger partial charge in [-0.3, -0.25) is 0 Å². The predicted octanol–water partition coefficient (Wildman–Crippen LogP) is 2.08. The monoisotopic (exact) mass is 295 g/mol. The molecule has 6 nitrogen and oxygen atoms in total. The van der Waals surface area contributed by atoms with E-state index in [4.69, 9.17) is 21.1 Å². The standard InChI is InChI=1S/C13H14ClN3O3/c1-3-19-11(18)8-20-13-15-12(17(2)16-13)9-6-4-5-7-10(9)14/h4-7H,3,8H2,1-2H3. The van der Waals surface area contributed by atoms with Crippen molar-refractivity contribution in [2.45, 2.75) is 6.92 Å². The van der Waals surface area contributed by atoms with Crippen molar-refractivity contribution in [2.75, 3.05) is 13.2 Å². The number of aromatic nitrogens is 3. The Morgan fingerprint density at radius 3 is 2.85 bits per heavy atom. The van der Waals surface area contributed by atoms with Crippen LogP contribution in [-0.4, -0.2) is 33.9 Å². The molecule has 0 atom stereocenters. The normalized spacial score (nSPS) is 10.3. The van der Waals surface area contributed by atoms with Gasteiger partial charge in [0.1, 0.15) is 0 Å². The van der Waals surface area contributed by atoms with Crippen molar-refractivity contribution in [1.82, 2.24) is 14.8 Å². The Morgan fingerprint density at radius 1 is 1.40 bits per heavy atom. The van der Waals surface area contributed by atoms with Gasteiger partial charge in [-0.15, -0.1) is 5.10 Å². The molecule has 0 unspecified atom stereocenters. The van der Waals surface area contributed by atoms with Crippen LogP contribution in [0.15, 0.2) is 24.3 Å².